The zero-order valence-corrected chi connectivity index (χ0v) is 12.9. The summed E-state index contributed by atoms with van der Waals surface area (Å²) in [5.41, 5.74) is 5.28. The monoisotopic (exact) mass is 270 g/mol. The second kappa shape index (κ2) is 7.22. The van der Waals surface area contributed by atoms with Gasteiger partial charge in [0, 0.05) is 38.8 Å². The molecule has 0 aliphatic carbocycles. The van der Waals surface area contributed by atoms with Crippen molar-refractivity contribution >= 4 is 5.91 Å². The number of rotatable bonds is 6. The molecule has 1 aliphatic heterocycles. The van der Waals surface area contributed by atoms with Crippen LogP contribution < -0.4 is 11.1 Å². The van der Waals surface area contributed by atoms with Crippen LogP contribution in [0.1, 0.15) is 33.6 Å². The van der Waals surface area contributed by atoms with E-state index in [-0.39, 0.29) is 5.91 Å². The molecule has 2 unspecified atom stereocenters. The first kappa shape index (κ1) is 16.4. The molecular weight excluding hydrogens is 240 g/mol. The molecule has 1 aliphatic rings. The van der Waals surface area contributed by atoms with Gasteiger partial charge in [0.05, 0.1) is 5.54 Å². The number of nitrogens with zero attached hydrogens (tertiary/aromatic N) is 2. The predicted molar refractivity (Wildman–Crippen MR) is 79.0 cm³/mol. The molecule has 0 aromatic rings. The molecule has 0 spiro atoms. The number of piperazine rings is 1. The summed E-state index contributed by atoms with van der Waals surface area (Å²) in [5, 5.41) is 3.00. The Labute approximate surface area is 117 Å². The summed E-state index contributed by atoms with van der Waals surface area (Å²) < 4.78 is 0. The fourth-order valence-electron chi connectivity index (χ4n) is 2.47. The van der Waals surface area contributed by atoms with Crippen molar-refractivity contribution in [3.63, 3.8) is 0 Å². The summed E-state index contributed by atoms with van der Waals surface area (Å²) >= 11 is 0. The van der Waals surface area contributed by atoms with Gasteiger partial charge >= 0.3 is 0 Å². The van der Waals surface area contributed by atoms with E-state index in [1.807, 2.05) is 13.8 Å². The van der Waals surface area contributed by atoms with Gasteiger partial charge in [-0.25, -0.2) is 0 Å². The van der Waals surface area contributed by atoms with Crippen molar-refractivity contribution in [1.29, 1.82) is 0 Å². The Bertz CT molecular complexity index is 285. The third kappa shape index (κ3) is 5.09. The van der Waals surface area contributed by atoms with Crippen LogP contribution in [0.4, 0.5) is 0 Å². The Morgan fingerprint density at radius 2 is 1.95 bits per heavy atom. The molecule has 2 atom stereocenters. The Balaban J connectivity index is 2.33. The average molecular weight is 270 g/mol. The molecule has 5 heteroatoms. The number of hydrogen-bond acceptors (Lipinski definition) is 4. The summed E-state index contributed by atoms with van der Waals surface area (Å²) in [6.45, 7) is 11.0. The number of amides is 1. The normalized spacial score (nSPS) is 22.8. The molecule has 1 heterocycles. The third-order valence-corrected chi connectivity index (χ3v) is 4.01. The van der Waals surface area contributed by atoms with Gasteiger partial charge < -0.3 is 16.0 Å². The van der Waals surface area contributed by atoms with Gasteiger partial charge in [-0.3, -0.25) is 9.69 Å². The van der Waals surface area contributed by atoms with Gasteiger partial charge in [0.15, 0.2) is 0 Å². The predicted octanol–water partition coefficient (Wildman–Crippen LogP) is 0.256. The first-order valence-electron chi connectivity index (χ1n) is 7.36. The molecule has 1 amide bonds. The van der Waals surface area contributed by atoms with Crippen molar-refractivity contribution in [2.24, 2.45) is 5.73 Å². The number of nitrogens with one attached hydrogen (secondary N) is 1. The molecular formula is C14H30N4O. The molecule has 112 valence electrons. The van der Waals surface area contributed by atoms with Crippen LogP contribution in [0.25, 0.3) is 0 Å². The van der Waals surface area contributed by atoms with Crippen LogP contribution in [0.15, 0.2) is 0 Å². The summed E-state index contributed by atoms with van der Waals surface area (Å²) in [7, 11) is 2.15. The lowest BCUT2D eigenvalue weighted by molar-refractivity contribution is -0.126. The van der Waals surface area contributed by atoms with Crippen LogP contribution in [0.3, 0.4) is 0 Å². The number of likely N-dealkylation sites (N-methyl/N-ethyl adjacent to an activating group) is 1. The number of carbonyl (C=O) groups excluding carboxylic acids is 1. The van der Waals surface area contributed by atoms with Crippen LogP contribution in [-0.4, -0.2) is 67.1 Å². The number of carbonyl (C=O) groups is 1. The summed E-state index contributed by atoms with van der Waals surface area (Å²) in [4.78, 5) is 16.8. The topological polar surface area (TPSA) is 61.6 Å². The SMILES string of the molecule is CCCC(C)(N)C(=O)NCC(C)N1CCN(C)CC1. The van der Waals surface area contributed by atoms with Crippen LogP contribution in [0.5, 0.6) is 0 Å². The van der Waals surface area contributed by atoms with Crippen molar-refractivity contribution in [2.75, 3.05) is 39.8 Å². The Morgan fingerprint density at radius 3 is 2.47 bits per heavy atom. The quantitative estimate of drug-likeness (QED) is 0.726. The minimum Gasteiger partial charge on any atom is -0.353 e. The third-order valence-electron chi connectivity index (χ3n) is 4.01. The van der Waals surface area contributed by atoms with Crippen molar-refractivity contribution in [2.45, 2.75) is 45.2 Å². The van der Waals surface area contributed by atoms with E-state index in [0.717, 1.165) is 39.0 Å². The minimum atomic E-state index is -0.739. The van der Waals surface area contributed by atoms with Gasteiger partial charge in [-0.1, -0.05) is 13.3 Å². The van der Waals surface area contributed by atoms with Crippen molar-refractivity contribution in [3.05, 3.63) is 0 Å². The van der Waals surface area contributed by atoms with Gasteiger partial charge in [0.1, 0.15) is 0 Å². The average Bonchev–Trinajstić information content (AvgIpc) is 2.36. The largest absolute Gasteiger partial charge is 0.353 e. The van der Waals surface area contributed by atoms with Crippen LogP contribution in [0.2, 0.25) is 0 Å². The summed E-state index contributed by atoms with van der Waals surface area (Å²) in [6, 6.07) is 0.370. The maximum atomic E-state index is 12.0. The van der Waals surface area contributed by atoms with E-state index < -0.39 is 5.54 Å². The molecule has 1 rings (SSSR count). The highest BCUT2D eigenvalue weighted by Gasteiger charge is 2.28. The lowest BCUT2D eigenvalue weighted by Crippen LogP contribution is -2.55. The molecule has 0 bridgehead atoms. The van der Waals surface area contributed by atoms with E-state index in [1.54, 1.807) is 0 Å². The molecule has 3 N–H and O–H groups in total. The zero-order valence-electron chi connectivity index (χ0n) is 12.9. The standard InChI is InChI=1S/C14H30N4O/c1-5-6-14(3,15)13(19)16-11-12(2)18-9-7-17(4)8-10-18/h12H,5-11,15H2,1-4H3,(H,16,19). The highest BCUT2D eigenvalue weighted by molar-refractivity contribution is 5.85. The van der Waals surface area contributed by atoms with Gasteiger partial charge in [-0.2, -0.15) is 0 Å². The molecule has 0 aromatic heterocycles. The second-order valence-electron chi connectivity index (χ2n) is 6.07. The maximum Gasteiger partial charge on any atom is 0.239 e. The molecule has 0 radical (unpaired) electrons. The van der Waals surface area contributed by atoms with E-state index in [9.17, 15) is 4.79 Å². The minimum absolute atomic E-state index is 0.0321. The van der Waals surface area contributed by atoms with Gasteiger partial charge in [-0.15, -0.1) is 0 Å². The molecule has 1 fully saturated rings. The lowest BCUT2D eigenvalue weighted by atomic mass is 9.96. The molecule has 0 aromatic carbocycles. The Kier molecular flexibility index (Phi) is 6.23. The smallest absolute Gasteiger partial charge is 0.239 e. The molecule has 5 nitrogen and oxygen atoms in total. The molecule has 19 heavy (non-hydrogen) atoms. The van der Waals surface area contributed by atoms with Crippen LogP contribution >= 0.6 is 0 Å². The molecule has 1 saturated heterocycles. The first-order chi connectivity index (χ1) is 8.86. The van der Waals surface area contributed by atoms with Crippen molar-refractivity contribution < 1.29 is 4.79 Å². The maximum absolute atomic E-state index is 12.0. The van der Waals surface area contributed by atoms with E-state index in [4.69, 9.17) is 5.73 Å². The highest BCUT2D eigenvalue weighted by atomic mass is 16.2. The number of hydrogen-bond donors (Lipinski definition) is 2. The number of nitrogens with two attached hydrogens (primary N) is 1. The van der Waals surface area contributed by atoms with Gasteiger partial charge in [-0.05, 0) is 27.3 Å². The lowest BCUT2D eigenvalue weighted by Gasteiger charge is -2.36. The highest BCUT2D eigenvalue weighted by Crippen LogP contribution is 2.09. The molecule has 0 saturated carbocycles. The Hall–Kier alpha value is -0.650. The van der Waals surface area contributed by atoms with Crippen LogP contribution in [0, 0.1) is 0 Å². The van der Waals surface area contributed by atoms with Crippen molar-refractivity contribution in [3.8, 4) is 0 Å². The van der Waals surface area contributed by atoms with Gasteiger partial charge in [0.2, 0.25) is 5.91 Å². The van der Waals surface area contributed by atoms with E-state index >= 15 is 0 Å². The summed E-state index contributed by atoms with van der Waals surface area (Å²) in [5.74, 6) is -0.0321. The van der Waals surface area contributed by atoms with E-state index in [1.165, 1.54) is 0 Å². The first-order valence-corrected chi connectivity index (χ1v) is 7.36. The summed E-state index contributed by atoms with van der Waals surface area (Å²) in [6.07, 6.45) is 1.65. The fraction of sp³-hybridized carbons (Fsp3) is 0.929. The second-order valence-corrected chi connectivity index (χ2v) is 6.07. The Morgan fingerprint density at radius 1 is 1.37 bits per heavy atom. The fourth-order valence-corrected chi connectivity index (χ4v) is 2.47. The van der Waals surface area contributed by atoms with E-state index in [0.29, 0.717) is 12.6 Å². The van der Waals surface area contributed by atoms with Crippen molar-refractivity contribution in [1.82, 2.24) is 15.1 Å². The van der Waals surface area contributed by atoms with Crippen LogP contribution in [-0.2, 0) is 4.79 Å². The zero-order chi connectivity index (χ0) is 14.5. The van der Waals surface area contributed by atoms with Gasteiger partial charge in [0.25, 0.3) is 0 Å². The van der Waals surface area contributed by atoms with E-state index in [2.05, 4.69) is 29.1 Å².